The molecule has 2 rings (SSSR count). The van der Waals surface area contributed by atoms with Crippen molar-refractivity contribution in [2.45, 2.75) is 6.18 Å². The molecule has 0 saturated carbocycles. The number of fused-ring (bicyclic) bond motifs is 1. The summed E-state index contributed by atoms with van der Waals surface area (Å²) in [5.41, 5.74) is -1.43. The molecule has 0 bridgehead atoms. The van der Waals surface area contributed by atoms with E-state index in [1.807, 2.05) is 0 Å². The van der Waals surface area contributed by atoms with Gasteiger partial charge in [-0.2, -0.15) is 18.3 Å². The zero-order valence-corrected chi connectivity index (χ0v) is 8.65. The first-order chi connectivity index (χ1) is 7.95. The molecular formula is C10H7F3N2O2. The summed E-state index contributed by atoms with van der Waals surface area (Å²) in [6.45, 7) is 0. The molecule has 0 aliphatic rings. The molecule has 2 heterocycles. The van der Waals surface area contributed by atoms with Crippen LogP contribution in [0, 0.1) is 0 Å². The van der Waals surface area contributed by atoms with Crippen molar-refractivity contribution < 1.29 is 22.7 Å². The number of esters is 1. The van der Waals surface area contributed by atoms with Gasteiger partial charge in [0.25, 0.3) is 0 Å². The number of hydrogen-bond acceptors (Lipinski definition) is 3. The molecular weight excluding hydrogens is 237 g/mol. The maximum absolute atomic E-state index is 12.7. The molecule has 0 amide bonds. The smallest absolute Gasteiger partial charge is 0.418 e. The van der Waals surface area contributed by atoms with Gasteiger partial charge in [0.05, 0.1) is 24.4 Å². The van der Waals surface area contributed by atoms with Crippen LogP contribution < -0.4 is 0 Å². The van der Waals surface area contributed by atoms with E-state index >= 15 is 0 Å². The number of alkyl halides is 3. The number of hydrogen-bond donors (Lipinski definition) is 0. The van der Waals surface area contributed by atoms with E-state index in [9.17, 15) is 18.0 Å². The van der Waals surface area contributed by atoms with Gasteiger partial charge in [-0.1, -0.05) is 0 Å². The van der Waals surface area contributed by atoms with Crippen LogP contribution in [0.4, 0.5) is 13.2 Å². The third kappa shape index (κ3) is 1.83. The van der Waals surface area contributed by atoms with Crippen LogP contribution in [0.5, 0.6) is 0 Å². The number of methoxy groups -OCH3 is 1. The van der Waals surface area contributed by atoms with Gasteiger partial charge in [0, 0.05) is 6.20 Å². The lowest BCUT2D eigenvalue weighted by Gasteiger charge is -2.08. The zero-order chi connectivity index (χ0) is 12.6. The highest BCUT2D eigenvalue weighted by Gasteiger charge is 2.35. The number of carbonyl (C=O) groups excluding carboxylic acids is 1. The third-order valence-corrected chi connectivity index (χ3v) is 2.25. The molecule has 4 nitrogen and oxygen atoms in total. The second kappa shape index (κ2) is 3.76. The summed E-state index contributed by atoms with van der Waals surface area (Å²) < 4.78 is 43.7. The number of rotatable bonds is 1. The molecule has 17 heavy (non-hydrogen) atoms. The van der Waals surface area contributed by atoms with E-state index in [-0.39, 0.29) is 11.1 Å². The summed E-state index contributed by atoms with van der Waals surface area (Å²) in [5, 5.41) is 3.68. The summed E-state index contributed by atoms with van der Waals surface area (Å²) in [6.07, 6.45) is -2.17. The van der Waals surface area contributed by atoms with Gasteiger partial charge >= 0.3 is 12.1 Å². The highest BCUT2D eigenvalue weighted by atomic mass is 19.4. The Kier molecular flexibility index (Phi) is 2.53. The third-order valence-electron chi connectivity index (χ3n) is 2.25. The normalized spacial score (nSPS) is 11.8. The van der Waals surface area contributed by atoms with Crippen LogP contribution >= 0.6 is 0 Å². The highest BCUT2D eigenvalue weighted by molar-refractivity contribution is 5.97. The first kappa shape index (κ1) is 11.4. The molecule has 0 unspecified atom stereocenters. The predicted molar refractivity (Wildman–Crippen MR) is 51.5 cm³/mol. The summed E-state index contributed by atoms with van der Waals surface area (Å²) >= 11 is 0. The molecule has 0 fully saturated rings. The van der Waals surface area contributed by atoms with Crippen molar-refractivity contribution in [2.75, 3.05) is 7.11 Å². The molecule has 0 radical (unpaired) electrons. The largest absolute Gasteiger partial charge is 0.465 e. The van der Waals surface area contributed by atoms with E-state index in [0.29, 0.717) is 0 Å². The fourth-order valence-electron chi connectivity index (χ4n) is 1.53. The van der Waals surface area contributed by atoms with Crippen LogP contribution in [-0.2, 0) is 10.9 Å². The Morgan fingerprint density at radius 2 is 2.18 bits per heavy atom. The Balaban J connectivity index is 2.77. The van der Waals surface area contributed by atoms with Crippen LogP contribution in [0.3, 0.4) is 0 Å². The minimum atomic E-state index is -4.55. The lowest BCUT2D eigenvalue weighted by atomic mass is 10.1. The molecule has 90 valence electrons. The Morgan fingerprint density at radius 1 is 1.47 bits per heavy atom. The Hall–Kier alpha value is -2.05. The maximum Gasteiger partial charge on any atom is 0.418 e. The molecule has 0 N–H and O–H groups in total. The average Bonchev–Trinajstić information content (AvgIpc) is 2.70. The first-order valence-corrected chi connectivity index (χ1v) is 4.57. The molecule has 2 aromatic rings. The zero-order valence-electron chi connectivity index (χ0n) is 8.65. The Labute approximate surface area is 93.6 Å². The van der Waals surface area contributed by atoms with Crippen LogP contribution in [0.1, 0.15) is 15.9 Å². The number of ether oxygens (including phenoxy) is 1. The molecule has 2 aromatic heterocycles. The van der Waals surface area contributed by atoms with E-state index in [2.05, 4.69) is 9.84 Å². The fraction of sp³-hybridized carbons (Fsp3) is 0.200. The van der Waals surface area contributed by atoms with Gasteiger partial charge in [0.15, 0.2) is 0 Å². The summed E-state index contributed by atoms with van der Waals surface area (Å²) in [4.78, 5) is 11.3. The van der Waals surface area contributed by atoms with E-state index in [1.54, 1.807) is 0 Å². The topological polar surface area (TPSA) is 43.6 Å². The molecule has 0 saturated heterocycles. The minimum absolute atomic E-state index is 0.208. The van der Waals surface area contributed by atoms with Crippen LogP contribution in [0.15, 0.2) is 24.5 Å². The number of carbonyl (C=O) groups is 1. The number of halogens is 3. The first-order valence-electron chi connectivity index (χ1n) is 4.57. The molecule has 0 atom stereocenters. The predicted octanol–water partition coefficient (Wildman–Crippen LogP) is 2.14. The van der Waals surface area contributed by atoms with Crippen molar-refractivity contribution in [1.82, 2.24) is 9.61 Å². The van der Waals surface area contributed by atoms with E-state index in [4.69, 9.17) is 0 Å². The van der Waals surface area contributed by atoms with Gasteiger partial charge in [0.1, 0.15) is 5.56 Å². The van der Waals surface area contributed by atoms with Gasteiger partial charge in [-0.05, 0) is 12.1 Å². The van der Waals surface area contributed by atoms with Crippen molar-refractivity contribution >= 4 is 11.5 Å². The van der Waals surface area contributed by atoms with Crippen LogP contribution in [0.2, 0.25) is 0 Å². The van der Waals surface area contributed by atoms with Crippen molar-refractivity contribution in [3.05, 3.63) is 35.7 Å². The van der Waals surface area contributed by atoms with Crippen molar-refractivity contribution in [3.8, 4) is 0 Å². The molecule has 0 aliphatic carbocycles. The van der Waals surface area contributed by atoms with E-state index in [1.165, 1.54) is 12.3 Å². The quantitative estimate of drug-likeness (QED) is 0.722. The summed E-state index contributed by atoms with van der Waals surface area (Å²) in [7, 11) is 1.10. The Bertz CT molecular complexity index is 574. The fourth-order valence-corrected chi connectivity index (χ4v) is 1.53. The standard InChI is InChI=1S/C10H7F3N2O2/c1-17-9(16)6-5-14-15-4-2-3-7(8(6)15)10(11,12)13/h2-5H,1H3. The molecule has 7 heteroatoms. The number of aromatic nitrogens is 2. The lowest BCUT2D eigenvalue weighted by Crippen LogP contribution is -2.10. The van der Waals surface area contributed by atoms with Gasteiger partial charge in [-0.15, -0.1) is 0 Å². The lowest BCUT2D eigenvalue weighted by molar-refractivity contribution is -0.136. The summed E-state index contributed by atoms with van der Waals surface area (Å²) in [6, 6.07) is 2.10. The number of pyridine rings is 1. The van der Waals surface area contributed by atoms with E-state index < -0.39 is 17.7 Å². The van der Waals surface area contributed by atoms with Crippen LogP contribution in [0.25, 0.3) is 5.52 Å². The van der Waals surface area contributed by atoms with Crippen molar-refractivity contribution in [3.63, 3.8) is 0 Å². The SMILES string of the molecule is COC(=O)c1cnn2cccc(C(F)(F)F)c12. The van der Waals surface area contributed by atoms with Crippen molar-refractivity contribution in [1.29, 1.82) is 0 Å². The number of nitrogens with zero attached hydrogens (tertiary/aromatic N) is 2. The van der Waals surface area contributed by atoms with Crippen LogP contribution in [-0.4, -0.2) is 22.7 Å². The van der Waals surface area contributed by atoms with Gasteiger partial charge in [0.2, 0.25) is 0 Å². The van der Waals surface area contributed by atoms with E-state index in [0.717, 1.165) is 23.9 Å². The minimum Gasteiger partial charge on any atom is -0.465 e. The maximum atomic E-state index is 12.7. The second-order valence-electron chi connectivity index (χ2n) is 3.26. The van der Waals surface area contributed by atoms with Gasteiger partial charge in [-0.25, -0.2) is 9.31 Å². The highest BCUT2D eigenvalue weighted by Crippen LogP contribution is 2.33. The molecule has 0 aromatic carbocycles. The molecule has 0 aliphatic heterocycles. The average molecular weight is 244 g/mol. The molecule has 0 spiro atoms. The van der Waals surface area contributed by atoms with Gasteiger partial charge in [-0.3, -0.25) is 0 Å². The Morgan fingerprint density at radius 3 is 2.76 bits per heavy atom. The second-order valence-corrected chi connectivity index (χ2v) is 3.26. The summed E-state index contributed by atoms with van der Waals surface area (Å²) in [5.74, 6) is -0.850. The van der Waals surface area contributed by atoms with Crippen molar-refractivity contribution in [2.24, 2.45) is 0 Å². The monoisotopic (exact) mass is 244 g/mol. The van der Waals surface area contributed by atoms with Gasteiger partial charge < -0.3 is 4.74 Å².